The van der Waals surface area contributed by atoms with Gasteiger partial charge in [0.15, 0.2) is 0 Å². The largest absolute Gasteiger partial charge is 0.481 e. The fraction of sp³-hybridized carbons (Fsp3) is 0.600. The Labute approximate surface area is 90.6 Å². The molecule has 1 saturated heterocycles. The van der Waals surface area contributed by atoms with Gasteiger partial charge in [-0.25, -0.2) is 0 Å². The Bertz CT molecular complexity index is 374. The predicted molar refractivity (Wildman–Crippen MR) is 48.0 cm³/mol. The van der Waals surface area contributed by atoms with Crippen LogP contribution in [0.2, 0.25) is 0 Å². The van der Waals surface area contributed by atoms with Gasteiger partial charge in [-0.15, -0.1) is 0 Å². The molecule has 16 heavy (non-hydrogen) atoms. The standard InChI is InChI=1S/C10H10O6/c11-3-4-1-6(9(13)14)8-5(4)2-7(12)16-10(8)15/h3-6,8H,1-2H2,(H,13,14). The lowest BCUT2D eigenvalue weighted by Crippen LogP contribution is -2.38. The molecule has 2 aliphatic rings. The zero-order valence-corrected chi connectivity index (χ0v) is 8.29. The summed E-state index contributed by atoms with van der Waals surface area (Å²) in [5.41, 5.74) is 0. The second-order valence-corrected chi connectivity index (χ2v) is 4.17. The van der Waals surface area contributed by atoms with Crippen molar-refractivity contribution in [3.05, 3.63) is 0 Å². The minimum absolute atomic E-state index is 0.0520. The Balaban J connectivity index is 2.31. The smallest absolute Gasteiger partial charge is 0.317 e. The molecule has 0 aromatic carbocycles. The maximum absolute atomic E-state index is 11.4. The van der Waals surface area contributed by atoms with Crippen molar-refractivity contribution in [2.45, 2.75) is 12.8 Å². The molecule has 2 rings (SSSR count). The molecule has 0 bridgehead atoms. The van der Waals surface area contributed by atoms with Gasteiger partial charge in [-0.2, -0.15) is 0 Å². The highest BCUT2D eigenvalue weighted by Crippen LogP contribution is 2.45. The van der Waals surface area contributed by atoms with E-state index in [0.717, 1.165) is 0 Å². The van der Waals surface area contributed by atoms with E-state index < -0.39 is 41.6 Å². The number of carboxylic acid groups (broad SMARTS) is 1. The molecule has 0 spiro atoms. The molecule has 4 atom stereocenters. The summed E-state index contributed by atoms with van der Waals surface area (Å²) in [5, 5.41) is 8.94. The molecular formula is C10H10O6. The molecule has 0 aromatic rings. The number of hydrogen-bond acceptors (Lipinski definition) is 5. The van der Waals surface area contributed by atoms with Crippen LogP contribution in [0.25, 0.3) is 0 Å². The summed E-state index contributed by atoms with van der Waals surface area (Å²) in [6.07, 6.45) is 0.687. The highest BCUT2D eigenvalue weighted by atomic mass is 16.6. The quantitative estimate of drug-likeness (QED) is 0.391. The minimum atomic E-state index is -1.12. The molecule has 0 radical (unpaired) electrons. The molecule has 0 aromatic heterocycles. The van der Waals surface area contributed by atoms with Crippen molar-refractivity contribution < 1.29 is 29.0 Å². The number of carbonyl (C=O) groups is 4. The molecular weight excluding hydrogens is 216 g/mol. The Morgan fingerprint density at radius 2 is 2.12 bits per heavy atom. The van der Waals surface area contributed by atoms with Gasteiger partial charge < -0.3 is 14.6 Å². The third-order valence-corrected chi connectivity index (χ3v) is 3.35. The number of esters is 2. The summed E-state index contributed by atoms with van der Waals surface area (Å²) in [6, 6.07) is 0. The van der Waals surface area contributed by atoms with Crippen LogP contribution in [0.1, 0.15) is 12.8 Å². The Kier molecular flexibility index (Phi) is 2.49. The van der Waals surface area contributed by atoms with Gasteiger partial charge in [0.1, 0.15) is 6.29 Å². The van der Waals surface area contributed by atoms with E-state index in [1.54, 1.807) is 0 Å². The summed E-state index contributed by atoms with van der Waals surface area (Å²) in [6.45, 7) is 0. The monoisotopic (exact) mass is 226 g/mol. The number of aliphatic carboxylic acids is 1. The van der Waals surface area contributed by atoms with E-state index >= 15 is 0 Å². The molecule has 1 saturated carbocycles. The summed E-state index contributed by atoms with van der Waals surface area (Å²) >= 11 is 0. The first-order valence-electron chi connectivity index (χ1n) is 4.97. The fourth-order valence-corrected chi connectivity index (χ4v) is 2.62. The van der Waals surface area contributed by atoms with Crippen LogP contribution in [-0.4, -0.2) is 29.3 Å². The first-order chi connectivity index (χ1) is 7.54. The molecule has 6 nitrogen and oxygen atoms in total. The summed E-state index contributed by atoms with van der Waals surface area (Å²) in [7, 11) is 0. The van der Waals surface area contributed by atoms with Crippen molar-refractivity contribution in [2.75, 3.05) is 0 Å². The second-order valence-electron chi connectivity index (χ2n) is 4.17. The van der Waals surface area contributed by atoms with Gasteiger partial charge in [-0.3, -0.25) is 14.4 Å². The number of aldehydes is 1. The van der Waals surface area contributed by atoms with E-state index in [-0.39, 0.29) is 12.8 Å². The van der Waals surface area contributed by atoms with E-state index in [2.05, 4.69) is 4.74 Å². The number of hydrogen-bond donors (Lipinski definition) is 1. The van der Waals surface area contributed by atoms with E-state index in [4.69, 9.17) is 5.11 Å². The molecule has 0 amide bonds. The Morgan fingerprint density at radius 3 is 2.69 bits per heavy atom. The van der Waals surface area contributed by atoms with Crippen molar-refractivity contribution in [3.8, 4) is 0 Å². The molecule has 86 valence electrons. The second kappa shape index (κ2) is 3.70. The molecule has 1 N–H and O–H groups in total. The number of fused-ring (bicyclic) bond motifs is 1. The topological polar surface area (TPSA) is 97.7 Å². The summed E-state index contributed by atoms with van der Waals surface area (Å²) in [4.78, 5) is 44.2. The van der Waals surface area contributed by atoms with Crippen molar-refractivity contribution >= 4 is 24.2 Å². The normalized spacial score (nSPS) is 37.8. The van der Waals surface area contributed by atoms with Crippen molar-refractivity contribution in [3.63, 3.8) is 0 Å². The van der Waals surface area contributed by atoms with Gasteiger partial charge in [0.05, 0.1) is 18.3 Å². The highest BCUT2D eigenvalue weighted by molar-refractivity contribution is 5.93. The molecule has 4 unspecified atom stereocenters. The highest BCUT2D eigenvalue weighted by Gasteiger charge is 2.54. The van der Waals surface area contributed by atoms with Gasteiger partial charge in [0, 0.05) is 5.92 Å². The third-order valence-electron chi connectivity index (χ3n) is 3.35. The SMILES string of the molecule is O=CC1CC(C(=O)O)C2C(=O)OC(=O)CC12. The van der Waals surface area contributed by atoms with Crippen molar-refractivity contribution in [1.29, 1.82) is 0 Å². The van der Waals surface area contributed by atoms with Crippen LogP contribution in [0.15, 0.2) is 0 Å². The van der Waals surface area contributed by atoms with Crippen LogP contribution < -0.4 is 0 Å². The van der Waals surface area contributed by atoms with Gasteiger partial charge in [-0.05, 0) is 12.3 Å². The van der Waals surface area contributed by atoms with Crippen LogP contribution in [0.4, 0.5) is 0 Å². The number of ether oxygens (including phenoxy) is 1. The Morgan fingerprint density at radius 1 is 1.44 bits per heavy atom. The number of carbonyl (C=O) groups excluding carboxylic acids is 3. The first kappa shape index (κ1) is 10.8. The summed E-state index contributed by atoms with van der Waals surface area (Å²) in [5.74, 6) is -5.42. The molecule has 1 aliphatic carbocycles. The third kappa shape index (κ3) is 1.50. The average molecular weight is 226 g/mol. The van der Waals surface area contributed by atoms with Crippen molar-refractivity contribution in [1.82, 2.24) is 0 Å². The average Bonchev–Trinajstić information content (AvgIpc) is 2.56. The maximum Gasteiger partial charge on any atom is 0.317 e. The lowest BCUT2D eigenvalue weighted by molar-refractivity contribution is -0.174. The first-order valence-corrected chi connectivity index (χ1v) is 4.97. The number of carboxylic acids is 1. The van der Waals surface area contributed by atoms with Gasteiger partial charge in [0.25, 0.3) is 0 Å². The number of rotatable bonds is 2. The van der Waals surface area contributed by atoms with Gasteiger partial charge in [0.2, 0.25) is 0 Å². The zero-order valence-electron chi connectivity index (χ0n) is 8.29. The molecule has 2 fully saturated rings. The van der Waals surface area contributed by atoms with E-state index in [9.17, 15) is 19.2 Å². The zero-order chi connectivity index (χ0) is 11.9. The lowest BCUT2D eigenvalue weighted by Gasteiger charge is -2.25. The number of cyclic esters (lactones) is 2. The Hall–Kier alpha value is -1.72. The maximum atomic E-state index is 11.4. The molecule has 1 aliphatic heterocycles. The molecule has 6 heteroatoms. The van der Waals surface area contributed by atoms with E-state index in [1.165, 1.54) is 0 Å². The van der Waals surface area contributed by atoms with Crippen LogP contribution in [0.3, 0.4) is 0 Å². The minimum Gasteiger partial charge on any atom is -0.481 e. The predicted octanol–water partition coefficient (Wildman–Crippen LogP) is -0.388. The van der Waals surface area contributed by atoms with E-state index in [1.807, 2.05) is 0 Å². The van der Waals surface area contributed by atoms with Crippen LogP contribution in [0.5, 0.6) is 0 Å². The van der Waals surface area contributed by atoms with Crippen LogP contribution in [-0.2, 0) is 23.9 Å². The van der Waals surface area contributed by atoms with E-state index in [0.29, 0.717) is 6.29 Å². The van der Waals surface area contributed by atoms with Gasteiger partial charge >= 0.3 is 17.9 Å². The lowest BCUT2D eigenvalue weighted by atomic mass is 9.83. The van der Waals surface area contributed by atoms with Gasteiger partial charge in [-0.1, -0.05) is 0 Å². The fourth-order valence-electron chi connectivity index (χ4n) is 2.62. The van der Waals surface area contributed by atoms with Crippen LogP contribution in [0, 0.1) is 23.7 Å². The van der Waals surface area contributed by atoms with Crippen LogP contribution >= 0.6 is 0 Å². The summed E-state index contributed by atoms with van der Waals surface area (Å²) < 4.78 is 4.42. The molecule has 1 heterocycles. The van der Waals surface area contributed by atoms with Crippen molar-refractivity contribution in [2.24, 2.45) is 23.7 Å².